The molecule has 5 nitrogen and oxygen atoms in total. The van der Waals surface area contributed by atoms with Crippen LogP contribution < -0.4 is 4.74 Å². The van der Waals surface area contributed by atoms with E-state index in [1.165, 1.54) is 6.07 Å². The van der Waals surface area contributed by atoms with Crippen molar-refractivity contribution in [3.63, 3.8) is 0 Å². The molecular weight excluding hydrogens is 345 g/mol. The van der Waals surface area contributed by atoms with E-state index < -0.39 is 0 Å². The molecule has 3 rings (SSSR count). The first-order valence-electron chi connectivity index (χ1n) is 8.97. The number of ether oxygens (including phenoxy) is 1. The molecule has 1 N–H and O–H groups in total. The Balaban J connectivity index is 2.04. The zero-order valence-electron chi connectivity index (χ0n) is 15.6. The molecule has 3 aromatic rings. The minimum absolute atomic E-state index is 0.0904. The fourth-order valence-electron chi connectivity index (χ4n) is 3.01. The Kier molecular flexibility index (Phi) is 6.21. The number of nitrogens with zero attached hydrogens (tertiary/aromatic N) is 3. The lowest BCUT2D eigenvalue weighted by molar-refractivity contribution is 0.197. The summed E-state index contributed by atoms with van der Waals surface area (Å²) in [6.07, 6.45) is 1.86. The largest absolute Gasteiger partial charge is 0.497 e. The van der Waals surface area contributed by atoms with Crippen LogP contribution in [-0.4, -0.2) is 46.6 Å². The average molecular weight is 369 g/mol. The molecule has 0 aliphatic rings. The molecular formula is C21H24FN3O2. The predicted octanol–water partition coefficient (Wildman–Crippen LogP) is 3.50. The molecule has 0 amide bonds. The number of likely N-dealkylation sites (N-methyl/N-ethyl adjacent to an activating group) is 1. The molecule has 0 radical (unpaired) electrons. The van der Waals surface area contributed by atoms with Crippen LogP contribution in [0.2, 0.25) is 0 Å². The molecule has 2 aromatic carbocycles. The first-order valence-corrected chi connectivity index (χ1v) is 8.97. The van der Waals surface area contributed by atoms with Crippen molar-refractivity contribution in [3.05, 3.63) is 66.1 Å². The van der Waals surface area contributed by atoms with Gasteiger partial charge in [0, 0.05) is 30.4 Å². The van der Waals surface area contributed by atoms with Crippen LogP contribution in [0, 0.1) is 5.82 Å². The van der Waals surface area contributed by atoms with E-state index in [1.807, 2.05) is 37.4 Å². The Labute approximate surface area is 158 Å². The molecule has 6 heteroatoms. The third-order valence-electron chi connectivity index (χ3n) is 4.51. The standard InChI is InChI=1S/C21H24FN3O2/c1-3-24(12-13-26)14-17-15-25(20-7-5-4-6-19(20)22)23-21(17)16-8-10-18(27-2)11-9-16/h4-11,15,26H,3,12-14H2,1-2H3. The van der Waals surface area contributed by atoms with Crippen LogP contribution in [-0.2, 0) is 6.54 Å². The summed E-state index contributed by atoms with van der Waals surface area (Å²) in [4.78, 5) is 2.12. The summed E-state index contributed by atoms with van der Waals surface area (Å²) >= 11 is 0. The predicted molar refractivity (Wildman–Crippen MR) is 104 cm³/mol. The van der Waals surface area contributed by atoms with E-state index in [-0.39, 0.29) is 12.4 Å². The Morgan fingerprint density at radius 2 is 1.89 bits per heavy atom. The molecule has 0 atom stereocenters. The number of aromatic nitrogens is 2. The normalized spacial score (nSPS) is 11.1. The van der Waals surface area contributed by atoms with Gasteiger partial charge in [-0.15, -0.1) is 0 Å². The van der Waals surface area contributed by atoms with E-state index in [0.29, 0.717) is 18.8 Å². The van der Waals surface area contributed by atoms with Crippen molar-refractivity contribution in [2.45, 2.75) is 13.5 Å². The van der Waals surface area contributed by atoms with Gasteiger partial charge in [0.25, 0.3) is 0 Å². The molecule has 0 unspecified atom stereocenters. The lowest BCUT2D eigenvalue weighted by Crippen LogP contribution is -2.26. The lowest BCUT2D eigenvalue weighted by Gasteiger charge is -2.18. The summed E-state index contributed by atoms with van der Waals surface area (Å²) in [5.74, 6) is 0.444. The fraction of sp³-hybridized carbons (Fsp3) is 0.286. The third-order valence-corrected chi connectivity index (χ3v) is 4.51. The SMILES string of the molecule is CCN(CCO)Cc1cn(-c2ccccc2F)nc1-c1ccc(OC)cc1. The fourth-order valence-corrected chi connectivity index (χ4v) is 3.01. The molecule has 0 aliphatic carbocycles. The van der Waals surface area contributed by atoms with Gasteiger partial charge in [-0.25, -0.2) is 9.07 Å². The Morgan fingerprint density at radius 3 is 2.52 bits per heavy atom. The van der Waals surface area contributed by atoms with E-state index in [2.05, 4.69) is 10.00 Å². The van der Waals surface area contributed by atoms with Crippen molar-refractivity contribution >= 4 is 0 Å². The highest BCUT2D eigenvalue weighted by atomic mass is 19.1. The van der Waals surface area contributed by atoms with Crippen molar-refractivity contribution in [3.8, 4) is 22.7 Å². The van der Waals surface area contributed by atoms with E-state index in [1.54, 1.807) is 30.0 Å². The number of para-hydroxylation sites is 1. The monoisotopic (exact) mass is 369 g/mol. The second-order valence-corrected chi connectivity index (χ2v) is 6.22. The first-order chi connectivity index (χ1) is 13.2. The summed E-state index contributed by atoms with van der Waals surface area (Å²) in [6.45, 7) is 4.13. The number of hydrogen-bond acceptors (Lipinski definition) is 4. The average Bonchev–Trinajstić information content (AvgIpc) is 3.11. The van der Waals surface area contributed by atoms with Gasteiger partial charge < -0.3 is 9.84 Å². The topological polar surface area (TPSA) is 50.5 Å². The van der Waals surface area contributed by atoms with Gasteiger partial charge in [-0.1, -0.05) is 19.1 Å². The summed E-state index contributed by atoms with van der Waals surface area (Å²) in [5, 5.41) is 13.9. The van der Waals surface area contributed by atoms with Crippen LogP contribution in [0.5, 0.6) is 5.75 Å². The third kappa shape index (κ3) is 4.35. The van der Waals surface area contributed by atoms with E-state index in [4.69, 9.17) is 4.74 Å². The molecule has 0 saturated heterocycles. The van der Waals surface area contributed by atoms with Crippen molar-refractivity contribution in [2.75, 3.05) is 26.8 Å². The van der Waals surface area contributed by atoms with Gasteiger partial charge in [0.15, 0.2) is 0 Å². The molecule has 27 heavy (non-hydrogen) atoms. The van der Waals surface area contributed by atoms with Gasteiger partial charge in [-0.2, -0.15) is 5.10 Å². The molecule has 142 valence electrons. The number of rotatable bonds is 8. The van der Waals surface area contributed by atoms with E-state index in [9.17, 15) is 9.50 Å². The zero-order chi connectivity index (χ0) is 19.2. The highest BCUT2D eigenvalue weighted by molar-refractivity contribution is 5.64. The minimum atomic E-state index is -0.324. The van der Waals surface area contributed by atoms with Crippen LogP contribution in [0.25, 0.3) is 16.9 Å². The highest BCUT2D eigenvalue weighted by Crippen LogP contribution is 2.27. The molecule has 1 aromatic heterocycles. The molecule has 0 bridgehead atoms. The molecule has 0 saturated carbocycles. The number of aliphatic hydroxyl groups is 1. The second kappa shape index (κ2) is 8.79. The number of halogens is 1. The van der Waals surface area contributed by atoms with E-state index in [0.717, 1.165) is 29.1 Å². The highest BCUT2D eigenvalue weighted by Gasteiger charge is 2.16. The second-order valence-electron chi connectivity index (χ2n) is 6.22. The van der Waals surface area contributed by atoms with Gasteiger partial charge >= 0.3 is 0 Å². The van der Waals surface area contributed by atoms with E-state index >= 15 is 0 Å². The van der Waals surface area contributed by atoms with Crippen LogP contribution in [0.3, 0.4) is 0 Å². The van der Waals surface area contributed by atoms with Crippen LogP contribution >= 0.6 is 0 Å². The molecule has 1 heterocycles. The quantitative estimate of drug-likeness (QED) is 0.660. The lowest BCUT2D eigenvalue weighted by atomic mass is 10.1. The first kappa shape index (κ1) is 19.1. The number of hydrogen-bond donors (Lipinski definition) is 1. The zero-order valence-corrected chi connectivity index (χ0v) is 15.6. The van der Waals surface area contributed by atoms with Crippen LogP contribution in [0.15, 0.2) is 54.7 Å². The maximum absolute atomic E-state index is 14.2. The van der Waals surface area contributed by atoms with Crippen molar-refractivity contribution in [1.29, 1.82) is 0 Å². The Hall–Kier alpha value is -2.70. The number of benzene rings is 2. The summed E-state index contributed by atoms with van der Waals surface area (Å²) < 4.78 is 21.1. The van der Waals surface area contributed by atoms with Gasteiger partial charge in [0.05, 0.1) is 19.4 Å². The molecule has 0 aliphatic heterocycles. The minimum Gasteiger partial charge on any atom is -0.497 e. The number of methoxy groups -OCH3 is 1. The summed E-state index contributed by atoms with van der Waals surface area (Å²) in [6, 6.07) is 14.2. The van der Waals surface area contributed by atoms with Gasteiger partial charge in [-0.3, -0.25) is 4.90 Å². The molecule has 0 fully saturated rings. The summed E-state index contributed by atoms with van der Waals surface area (Å²) in [5.41, 5.74) is 3.10. The van der Waals surface area contributed by atoms with Crippen LogP contribution in [0.1, 0.15) is 12.5 Å². The molecule has 0 spiro atoms. The van der Waals surface area contributed by atoms with Crippen molar-refractivity contribution in [1.82, 2.24) is 14.7 Å². The Bertz CT molecular complexity index is 877. The Morgan fingerprint density at radius 1 is 1.15 bits per heavy atom. The maximum Gasteiger partial charge on any atom is 0.148 e. The van der Waals surface area contributed by atoms with Gasteiger partial charge in [-0.05, 0) is 42.9 Å². The van der Waals surface area contributed by atoms with Crippen molar-refractivity contribution in [2.24, 2.45) is 0 Å². The maximum atomic E-state index is 14.2. The summed E-state index contributed by atoms with van der Waals surface area (Å²) in [7, 11) is 1.63. The van der Waals surface area contributed by atoms with Gasteiger partial charge in [0.2, 0.25) is 0 Å². The van der Waals surface area contributed by atoms with Gasteiger partial charge in [0.1, 0.15) is 17.3 Å². The van der Waals surface area contributed by atoms with Crippen LogP contribution in [0.4, 0.5) is 4.39 Å². The smallest absolute Gasteiger partial charge is 0.148 e. The van der Waals surface area contributed by atoms with Crippen molar-refractivity contribution < 1.29 is 14.2 Å². The number of aliphatic hydroxyl groups excluding tert-OH is 1.